The summed E-state index contributed by atoms with van der Waals surface area (Å²) < 4.78 is 6.00. The third-order valence-electron chi connectivity index (χ3n) is 4.47. The molecule has 5 nitrogen and oxygen atoms in total. The molecule has 150 valence electrons. The normalized spacial score (nSPS) is 16.3. The van der Waals surface area contributed by atoms with Gasteiger partial charge < -0.3 is 9.52 Å². The lowest BCUT2D eigenvalue weighted by atomic mass is 10.1. The largest absolute Gasteiger partial charge is 0.479 e. The van der Waals surface area contributed by atoms with E-state index in [1.54, 1.807) is 54.6 Å². The molecule has 0 unspecified atom stereocenters. The van der Waals surface area contributed by atoms with Gasteiger partial charge in [0.25, 0.3) is 5.91 Å². The Balaban J connectivity index is 1.64. The molecular weight excluding hydrogens is 442 g/mol. The first-order valence-electron chi connectivity index (χ1n) is 8.85. The van der Waals surface area contributed by atoms with Crippen molar-refractivity contribution in [2.75, 3.05) is 0 Å². The topological polar surface area (TPSA) is 70.8 Å². The molecule has 2 heterocycles. The Kier molecular flexibility index (Phi) is 5.76. The van der Waals surface area contributed by atoms with Crippen molar-refractivity contribution < 1.29 is 19.1 Å². The average molecular weight is 456 g/mol. The molecule has 3 aromatic rings. The molecule has 1 N–H and O–H groups in total. The Bertz CT molecular complexity index is 1170. The van der Waals surface area contributed by atoms with E-state index < -0.39 is 17.9 Å². The molecule has 0 radical (unpaired) electrons. The van der Waals surface area contributed by atoms with Gasteiger partial charge in [-0.2, -0.15) is 0 Å². The number of benzene rings is 2. The maximum absolute atomic E-state index is 13.0. The van der Waals surface area contributed by atoms with Crippen LogP contribution >= 0.6 is 35.6 Å². The number of halogens is 1. The molecule has 4 rings (SSSR count). The number of carboxylic acids is 1. The Morgan fingerprint density at radius 1 is 1.10 bits per heavy atom. The highest BCUT2D eigenvalue weighted by Crippen LogP contribution is 2.39. The number of thiocarbonyl (C=S) groups is 1. The summed E-state index contributed by atoms with van der Waals surface area (Å²) in [4.78, 5) is 26.3. The highest BCUT2D eigenvalue weighted by Gasteiger charge is 2.41. The predicted molar refractivity (Wildman–Crippen MR) is 121 cm³/mol. The number of hydrogen-bond acceptors (Lipinski definition) is 5. The molecular formula is C22H14ClNO4S2. The van der Waals surface area contributed by atoms with Gasteiger partial charge in [0, 0.05) is 11.6 Å². The summed E-state index contributed by atoms with van der Waals surface area (Å²) in [6.07, 6.45) is 1.56. The van der Waals surface area contributed by atoms with Gasteiger partial charge in [-0.05, 0) is 29.8 Å². The van der Waals surface area contributed by atoms with Crippen molar-refractivity contribution >= 4 is 57.9 Å². The lowest BCUT2D eigenvalue weighted by molar-refractivity contribution is -0.145. The summed E-state index contributed by atoms with van der Waals surface area (Å²) >= 11 is 12.6. The van der Waals surface area contributed by atoms with Crippen LogP contribution in [0.15, 0.2) is 76.1 Å². The lowest BCUT2D eigenvalue weighted by Gasteiger charge is -2.23. The van der Waals surface area contributed by atoms with Crippen LogP contribution in [0.1, 0.15) is 17.4 Å². The lowest BCUT2D eigenvalue weighted by Crippen LogP contribution is -2.37. The molecule has 0 spiro atoms. The van der Waals surface area contributed by atoms with Gasteiger partial charge in [-0.15, -0.1) is 0 Å². The van der Waals surface area contributed by atoms with Crippen LogP contribution in [-0.2, 0) is 9.59 Å². The van der Waals surface area contributed by atoms with Crippen LogP contribution in [0.3, 0.4) is 0 Å². The molecule has 1 aliphatic heterocycles. The van der Waals surface area contributed by atoms with E-state index in [1.807, 2.05) is 18.2 Å². The van der Waals surface area contributed by atoms with E-state index in [0.717, 1.165) is 22.2 Å². The molecule has 30 heavy (non-hydrogen) atoms. The number of aliphatic carboxylic acids is 1. The third-order valence-corrected chi connectivity index (χ3v) is 6.13. The van der Waals surface area contributed by atoms with Gasteiger partial charge in [0.2, 0.25) is 0 Å². The van der Waals surface area contributed by atoms with Crippen molar-refractivity contribution in [3.8, 4) is 11.3 Å². The number of carboxylic acid groups (broad SMARTS) is 1. The zero-order valence-electron chi connectivity index (χ0n) is 15.3. The molecule has 1 aromatic heterocycles. The summed E-state index contributed by atoms with van der Waals surface area (Å²) in [5.74, 6) is -0.623. The van der Waals surface area contributed by atoms with Gasteiger partial charge in [0.05, 0.1) is 9.93 Å². The monoisotopic (exact) mass is 455 g/mol. The number of amides is 1. The van der Waals surface area contributed by atoms with Crippen LogP contribution in [0.4, 0.5) is 0 Å². The number of carbonyl (C=O) groups is 2. The van der Waals surface area contributed by atoms with Crippen LogP contribution in [0, 0.1) is 0 Å². The first-order valence-corrected chi connectivity index (χ1v) is 10.5. The fraction of sp³-hybridized carbons (Fsp3) is 0.0455. The smallest absolute Gasteiger partial charge is 0.331 e. The van der Waals surface area contributed by atoms with E-state index in [2.05, 4.69) is 0 Å². The summed E-state index contributed by atoms with van der Waals surface area (Å²) in [5.41, 5.74) is 1.21. The zero-order valence-corrected chi connectivity index (χ0v) is 17.7. The van der Waals surface area contributed by atoms with Crippen molar-refractivity contribution in [1.29, 1.82) is 0 Å². The number of carbonyl (C=O) groups excluding carboxylic acids is 1. The first kappa shape index (κ1) is 20.4. The van der Waals surface area contributed by atoms with Gasteiger partial charge >= 0.3 is 5.97 Å². The fourth-order valence-corrected chi connectivity index (χ4v) is 4.63. The second-order valence-electron chi connectivity index (χ2n) is 6.39. The van der Waals surface area contributed by atoms with Crippen LogP contribution in [0.2, 0.25) is 5.02 Å². The van der Waals surface area contributed by atoms with Crippen molar-refractivity contribution in [3.63, 3.8) is 0 Å². The number of thioether (sulfide) groups is 1. The van der Waals surface area contributed by atoms with E-state index in [1.165, 1.54) is 0 Å². The van der Waals surface area contributed by atoms with Gasteiger partial charge in [-0.3, -0.25) is 9.69 Å². The fourth-order valence-electron chi connectivity index (χ4n) is 3.11. The van der Waals surface area contributed by atoms with Crippen molar-refractivity contribution in [2.24, 2.45) is 0 Å². The Morgan fingerprint density at radius 3 is 2.50 bits per heavy atom. The predicted octanol–water partition coefficient (Wildman–Crippen LogP) is 5.63. The Hall–Kier alpha value is -2.87. The van der Waals surface area contributed by atoms with E-state index in [0.29, 0.717) is 27.0 Å². The molecule has 1 amide bonds. The van der Waals surface area contributed by atoms with Crippen LogP contribution in [0.5, 0.6) is 0 Å². The van der Waals surface area contributed by atoms with E-state index in [-0.39, 0.29) is 4.32 Å². The SMILES string of the molecule is O=C(O)[C@@H](c1ccccc1)N1C(=O)/C(=C/c2ccc(-c3ccccc3Cl)o2)SC1=S. The minimum absolute atomic E-state index is 0.181. The van der Waals surface area contributed by atoms with Gasteiger partial charge in [-0.1, -0.05) is 78.0 Å². The quantitative estimate of drug-likeness (QED) is 0.397. The minimum atomic E-state index is -1.19. The third kappa shape index (κ3) is 3.92. The van der Waals surface area contributed by atoms with Gasteiger partial charge in [0.15, 0.2) is 6.04 Å². The molecule has 1 atom stereocenters. The van der Waals surface area contributed by atoms with E-state index in [4.69, 9.17) is 28.2 Å². The van der Waals surface area contributed by atoms with Crippen LogP contribution in [-0.4, -0.2) is 26.2 Å². The molecule has 2 aromatic carbocycles. The van der Waals surface area contributed by atoms with Gasteiger partial charge in [-0.25, -0.2) is 4.79 Å². The van der Waals surface area contributed by atoms with Crippen molar-refractivity contribution in [2.45, 2.75) is 6.04 Å². The van der Waals surface area contributed by atoms with E-state index >= 15 is 0 Å². The Labute approximate surface area is 186 Å². The molecule has 0 bridgehead atoms. The molecule has 1 aliphatic rings. The summed E-state index contributed by atoms with van der Waals surface area (Å²) in [6, 6.07) is 18.1. The number of furan rings is 1. The first-order chi connectivity index (χ1) is 14.5. The van der Waals surface area contributed by atoms with E-state index in [9.17, 15) is 14.7 Å². The summed E-state index contributed by atoms with van der Waals surface area (Å²) in [6.45, 7) is 0. The minimum Gasteiger partial charge on any atom is -0.479 e. The zero-order chi connectivity index (χ0) is 21.3. The van der Waals surface area contributed by atoms with Crippen molar-refractivity contribution in [3.05, 3.63) is 88.0 Å². The molecule has 8 heteroatoms. The maximum Gasteiger partial charge on any atom is 0.331 e. The molecule has 0 aliphatic carbocycles. The van der Waals surface area contributed by atoms with Crippen molar-refractivity contribution in [1.82, 2.24) is 4.90 Å². The standard InChI is InChI=1S/C22H14ClNO4S2/c23-16-9-5-4-8-15(16)17-11-10-14(28-17)12-18-20(25)24(22(29)30-18)19(21(26)27)13-6-2-1-3-7-13/h1-12,19H,(H,26,27)/b18-12-/t19-/m1/s1. The molecule has 1 fully saturated rings. The maximum atomic E-state index is 13.0. The summed E-state index contributed by atoms with van der Waals surface area (Å²) in [7, 11) is 0. The number of nitrogens with zero attached hydrogens (tertiary/aromatic N) is 1. The molecule has 0 saturated carbocycles. The Morgan fingerprint density at radius 2 is 1.80 bits per heavy atom. The average Bonchev–Trinajstić information content (AvgIpc) is 3.29. The second kappa shape index (κ2) is 8.47. The summed E-state index contributed by atoms with van der Waals surface area (Å²) in [5, 5.41) is 10.3. The van der Waals surface area contributed by atoms with Gasteiger partial charge in [0.1, 0.15) is 15.8 Å². The number of rotatable bonds is 5. The van der Waals surface area contributed by atoms with Crippen LogP contribution < -0.4 is 0 Å². The number of hydrogen-bond donors (Lipinski definition) is 1. The second-order valence-corrected chi connectivity index (χ2v) is 8.47. The van der Waals surface area contributed by atoms with Crippen LogP contribution in [0.25, 0.3) is 17.4 Å². The molecule has 1 saturated heterocycles. The highest BCUT2D eigenvalue weighted by molar-refractivity contribution is 8.26. The highest BCUT2D eigenvalue weighted by atomic mass is 35.5.